The van der Waals surface area contributed by atoms with Crippen molar-refractivity contribution in [1.82, 2.24) is 0 Å². The van der Waals surface area contributed by atoms with Gasteiger partial charge in [0.05, 0.1) is 10.3 Å². The van der Waals surface area contributed by atoms with Crippen LogP contribution in [0.4, 0.5) is 5.69 Å². The zero-order valence-electron chi connectivity index (χ0n) is 7.43. The molecule has 0 spiro atoms. The van der Waals surface area contributed by atoms with E-state index in [1.165, 1.54) is 6.07 Å². The number of nitro benzene ring substituents is 1. The van der Waals surface area contributed by atoms with Gasteiger partial charge in [0.15, 0.2) is 0 Å². The molecule has 0 heterocycles. The Morgan fingerprint density at radius 1 is 1.21 bits per heavy atom. The first-order valence-corrected chi connectivity index (χ1v) is 4.17. The lowest BCUT2D eigenvalue weighted by Gasteiger charge is -1.99. The highest BCUT2D eigenvalue weighted by Crippen LogP contribution is 2.25. The molecule has 0 atom stereocenters. The molecule has 0 saturated heterocycles. The van der Waals surface area contributed by atoms with Crippen LogP contribution in [-0.2, 0) is 0 Å². The lowest BCUT2D eigenvalue weighted by molar-refractivity contribution is -0.383. The molecule has 14 heavy (non-hydrogen) atoms. The van der Waals surface area contributed by atoms with Crippen molar-refractivity contribution in [2.24, 2.45) is 0 Å². The molecule has 0 aliphatic heterocycles. The lowest BCUT2D eigenvalue weighted by Crippen LogP contribution is -1.89. The van der Waals surface area contributed by atoms with E-state index in [-0.39, 0.29) is 10.6 Å². The van der Waals surface area contributed by atoms with E-state index in [1.807, 2.05) is 18.2 Å². The van der Waals surface area contributed by atoms with Crippen LogP contribution in [0.2, 0.25) is 0 Å². The average Bonchev–Trinajstić information content (AvgIpc) is 2.16. The smallest absolute Gasteiger partial charge is 0.258 e. The summed E-state index contributed by atoms with van der Waals surface area (Å²) >= 11 is 0. The molecule has 2 rings (SSSR count). The second kappa shape index (κ2) is 3.10. The van der Waals surface area contributed by atoms with Crippen LogP contribution in [0, 0.1) is 17.0 Å². The van der Waals surface area contributed by atoms with Gasteiger partial charge in [-0.2, -0.15) is 0 Å². The highest BCUT2D eigenvalue weighted by atomic mass is 16.6. The molecular weight excluding hydrogens is 178 g/mol. The number of rotatable bonds is 1. The molecule has 0 N–H and O–H groups in total. The molecule has 0 aliphatic carbocycles. The topological polar surface area (TPSA) is 43.1 Å². The predicted molar refractivity (Wildman–Crippen MR) is 55.1 cm³/mol. The Bertz CT molecular complexity index is 506. The summed E-state index contributed by atoms with van der Waals surface area (Å²) in [6.45, 7) is 3.75. The molecule has 2 aromatic rings. The summed E-state index contributed by atoms with van der Waals surface area (Å²) in [5.41, 5.74) is 0.916. The minimum atomic E-state index is -0.373. The number of hydrogen-bond acceptors (Lipinski definition) is 2. The average molecular weight is 186 g/mol. The molecule has 1 radical (unpaired) electrons. The fraction of sp³-hybridized carbons (Fsp3) is 0. The first-order chi connectivity index (χ1) is 6.68. The number of benzene rings is 2. The van der Waals surface area contributed by atoms with Crippen LogP contribution < -0.4 is 0 Å². The Kier molecular flexibility index (Phi) is 1.93. The Morgan fingerprint density at radius 3 is 2.71 bits per heavy atom. The van der Waals surface area contributed by atoms with Crippen molar-refractivity contribution in [3.63, 3.8) is 0 Å². The standard InChI is InChI=1S/C11H8NO2/c1-8-5-6-9-3-2-4-11(12(13)14)10(9)7-8/h2-7H,1H2. The van der Waals surface area contributed by atoms with Crippen LogP contribution >= 0.6 is 0 Å². The Morgan fingerprint density at radius 2 is 2.00 bits per heavy atom. The first-order valence-electron chi connectivity index (χ1n) is 4.17. The maximum atomic E-state index is 10.7. The van der Waals surface area contributed by atoms with Crippen molar-refractivity contribution in [2.45, 2.75) is 0 Å². The third-order valence-corrected chi connectivity index (χ3v) is 2.12. The van der Waals surface area contributed by atoms with Gasteiger partial charge in [0.1, 0.15) is 0 Å². The van der Waals surface area contributed by atoms with E-state index in [2.05, 4.69) is 6.92 Å². The number of fused-ring (bicyclic) bond motifs is 1. The van der Waals surface area contributed by atoms with Crippen LogP contribution in [-0.4, -0.2) is 4.92 Å². The van der Waals surface area contributed by atoms with E-state index in [0.29, 0.717) is 5.39 Å². The van der Waals surface area contributed by atoms with Crippen molar-refractivity contribution in [1.29, 1.82) is 0 Å². The van der Waals surface area contributed by atoms with Crippen molar-refractivity contribution >= 4 is 16.5 Å². The van der Waals surface area contributed by atoms with Crippen LogP contribution in [0.15, 0.2) is 36.4 Å². The van der Waals surface area contributed by atoms with Gasteiger partial charge in [0.25, 0.3) is 5.69 Å². The van der Waals surface area contributed by atoms with Crippen LogP contribution in [0.5, 0.6) is 0 Å². The SMILES string of the molecule is [CH2]c1ccc2cccc([N+](=O)[O-])c2c1. The zero-order chi connectivity index (χ0) is 10.1. The van der Waals surface area contributed by atoms with Gasteiger partial charge < -0.3 is 0 Å². The summed E-state index contributed by atoms with van der Waals surface area (Å²) in [5.74, 6) is 0. The normalized spacial score (nSPS) is 10.4. The second-order valence-electron chi connectivity index (χ2n) is 3.09. The Balaban J connectivity index is 2.84. The molecule has 69 valence electrons. The molecule has 2 aromatic carbocycles. The summed E-state index contributed by atoms with van der Waals surface area (Å²) in [6.07, 6.45) is 0. The Labute approximate surface area is 81.1 Å². The highest BCUT2D eigenvalue weighted by Gasteiger charge is 2.10. The zero-order valence-corrected chi connectivity index (χ0v) is 7.43. The second-order valence-corrected chi connectivity index (χ2v) is 3.09. The van der Waals surface area contributed by atoms with Crippen molar-refractivity contribution < 1.29 is 4.92 Å². The molecule has 0 aromatic heterocycles. The predicted octanol–water partition coefficient (Wildman–Crippen LogP) is 2.93. The van der Waals surface area contributed by atoms with Gasteiger partial charge in [-0.25, -0.2) is 0 Å². The molecule has 3 nitrogen and oxygen atoms in total. The quantitative estimate of drug-likeness (QED) is 0.507. The molecule has 3 heteroatoms. The third-order valence-electron chi connectivity index (χ3n) is 2.12. The van der Waals surface area contributed by atoms with E-state index < -0.39 is 0 Å². The fourth-order valence-electron chi connectivity index (χ4n) is 1.46. The number of non-ortho nitro benzene ring substituents is 1. The maximum Gasteiger partial charge on any atom is 0.277 e. The monoisotopic (exact) mass is 186 g/mol. The summed E-state index contributed by atoms with van der Waals surface area (Å²) in [7, 11) is 0. The minimum Gasteiger partial charge on any atom is -0.258 e. The van der Waals surface area contributed by atoms with Gasteiger partial charge in [0, 0.05) is 6.07 Å². The molecule has 0 fully saturated rings. The molecule has 0 saturated carbocycles. The van der Waals surface area contributed by atoms with Crippen molar-refractivity contribution in [3.8, 4) is 0 Å². The lowest BCUT2D eigenvalue weighted by atomic mass is 10.1. The van der Waals surface area contributed by atoms with Gasteiger partial charge in [-0.1, -0.05) is 24.3 Å². The largest absolute Gasteiger partial charge is 0.277 e. The van der Waals surface area contributed by atoms with Gasteiger partial charge in [0.2, 0.25) is 0 Å². The van der Waals surface area contributed by atoms with Crippen LogP contribution in [0.3, 0.4) is 0 Å². The van der Waals surface area contributed by atoms with Crippen LogP contribution in [0.1, 0.15) is 5.56 Å². The summed E-state index contributed by atoms with van der Waals surface area (Å²) in [5, 5.41) is 12.2. The maximum absolute atomic E-state index is 10.7. The highest BCUT2D eigenvalue weighted by molar-refractivity contribution is 5.91. The van der Waals surface area contributed by atoms with Gasteiger partial charge >= 0.3 is 0 Å². The minimum absolute atomic E-state index is 0.132. The summed E-state index contributed by atoms with van der Waals surface area (Å²) < 4.78 is 0. The molecular formula is C11H8NO2. The number of hydrogen-bond donors (Lipinski definition) is 0. The van der Waals surface area contributed by atoms with E-state index in [0.717, 1.165) is 10.9 Å². The first kappa shape index (κ1) is 8.69. The van der Waals surface area contributed by atoms with E-state index in [4.69, 9.17) is 0 Å². The molecule has 0 aliphatic rings. The third kappa shape index (κ3) is 1.33. The number of nitrogens with zero attached hydrogens (tertiary/aromatic N) is 1. The summed E-state index contributed by atoms with van der Waals surface area (Å²) in [4.78, 5) is 10.3. The van der Waals surface area contributed by atoms with Crippen molar-refractivity contribution in [2.75, 3.05) is 0 Å². The van der Waals surface area contributed by atoms with Gasteiger partial charge in [-0.15, -0.1) is 0 Å². The molecule has 0 bridgehead atoms. The van der Waals surface area contributed by atoms with Crippen molar-refractivity contribution in [3.05, 3.63) is 59.0 Å². The van der Waals surface area contributed by atoms with E-state index >= 15 is 0 Å². The van der Waals surface area contributed by atoms with Crippen LogP contribution in [0.25, 0.3) is 10.8 Å². The van der Waals surface area contributed by atoms with E-state index in [1.54, 1.807) is 12.1 Å². The fourth-order valence-corrected chi connectivity index (χ4v) is 1.46. The molecule has 0 unspecified atom stereocenters. The summed E-state index contributed by atoms with van der Waals surface area (Å²) in [6, 6.07) is 10.4. The van der Waals surface area contributed by atoms with E-state index in [9.17, 15) is 10.1 Å². The molecule has 0 amide bonds. The Hall–Kier alpha value is -1.90. The van der Waals surface area contributed by atoms with Gasteiger partial charge in [-0.3, -0.25) is 10.1 Å². The van der Waals surface area contributed by atoms with Gasteiger partial charge in [-0.05, 0) is 23.9 Å². The number of nitro groups is 1.